The fourth-order valence-electron chi connectivity index (χ4n) is 1.08. The molecule has 0 aliphatic carbocycles. The van der Waals surface area contributed by atoms with E-state index in [-0.39, 0.29) is 24.4 Å². The van der Waals surface area contributed by atoms with Gasteiger partial charge in [0.1, 0.15) is 0 Å². The maximum Gasteiger partial charge on any atom is 0.233 e. The van der Waals surface area contributed by atoms with Gasteiger partial charge in [0.2, 0.25) is 5.91 Å². The van der Waals surface area contributed by atoms with Crippen molar-refractivity contribution in [3.05, 3.63) is 0 Å². The van der Waals surface area contributed by atoms with E-state index in [0.717, 1.165) is 0 Å². The second-order valence-corrected chi connectivity index (χ2v) is 4.43. The molecule has 4 N–H and O–H groups in total. The number of aliphatic hydroxyl groups is 1. The van der Waals surface area contributed by atoms with Crippen molar-refractivity contribution < 1.29 is 9.90 Å². The molecule has 0 bridgehead atoms. The van der Waals surface area contributed by atoms with Crippen LogP contribution in [-0.2, 0) is 4.79 Å². The normalized spacial score (nSPS) is 13.9. The van der Waals surface area contributed by atoms with E-state index >= 15 is 0 Å². The summed E-state index contributed by atoms with van der Waals surface area (Å²) in [5.41, 5.74) is 5.17. The molecule has 0 aromatic rings. The SMILES string of the molecule is CC(C)(C)CC(O)CNC(=O)CN. The first-order chi connectivity index (χ1) is 5.85. The third-order valence-electron chi connectivity index (χ3n) is 1.57. The lowest BCUT2D eigenvalue weighted by Crippen LogP contribution is -2.37. The number of rotatable bonds is 4. The summed E-state index contributed by atoms with van der Waals surface area (Å²) in [4.78, 5) is 10.7. The monoisotopic (exact) mass is 188 g/mol. The Morgan fingerprint density at radius 2 is 2.08 bits per heavy atom. The van der Waals surface area contributed by atoms with E-state index in [2.05, 4.69) is 5.32 Å². The van der Waals surface area contributed by atoms with Crippen molar-refractivity contribution in [1.29, 1.82) is 0 Å². The number of aliphatic hydroxyl groups excluding tert-OH is 1. The summed E-state index contributed by atoms with van der Waals surface area (Å²) in [6, 6.07) is 0. The molecule has 0 radical (unpaired) electrons. The molecule has 0 rings (SSSR count). The third-order valence-corrected chi connectivity index (χ3v) is 1.57. The number of hydrogen-bond donors (Lipinski definition) is 3. The minimum absolute atomic E-state index is 0.0256. The van der Waals surface area contributed by atoms with Crippen molar-refractivity contribution in [1.82, 2.24) is 5.32 Å². The molecule has 1 amide bonds. The molecule has 0 heterocycles. The molecule has 0 saturated heterocycles. The van der Waals surface area contributed by atoms with E-state index in [4.69, 9.17) is 5.73 Å². The van der Waals surface area contributed by atoms with Gasteiger partial charge in [-0.3, -0.25) is 4.79 Å². The maximum absolute atomic E-state index is 10.7. The zero-order valence-corrected chi connectivity index (χ0v) is 8.63. The van der Waals surface area contributed by atoms with Gasteiger partial charge in [-0.05, 0) is 11.8 Å². The molecule has 13 heavy (non-hydrogen) atoms. The molecular formula is C9H20N2O2. The summed E-state index contributed by atoms with van der Waals surface area (Å²) in [6.45, 7) is 6.39. The quantitative estimate of drug-likeness (QED) is 0.574. The maximum atomic E-state index is 10.7. The lowest BCUT2D eigenvalue weighted by Gasteiger charge is -2.22. The van der Waals surface area contributed by atoms with Gasteiger partial charge in [-0.1, -0.05) is 20.8 Å². The lowest BCUT2D eigenvalue weighted by molar-refractivity contribution is -0.120. The van der Waals surface area contributed by atoms with Gasteiger partial charge in [-0.25, -0.2) is 0 Å². The van der Waals surface area contributed by atoms with Crippen molar-refractivity contribution >= 4 is 5.91 Å². The molecule has 1 unspecified atom stereocenters. The molecule has 0 aromatic heterocycles. The summed E-state index contributed by atoms with van der Waals surface area (Å²) < 4.78 is 0. The second-order valence-electron chi connectivity index (χ2n) is 4.43. The molecule has 0 spiro atoms. The van der Waals surface area contributed by atoms with Crippen LogP contribution < -0.4 is 11.1 Å². The number of carbonyl (C=O) groups excluding carboxylic acids is 1. The summed E-state index contributed by atoms with van der Waals surface area (Å²) in [6.07, 6.45) is 0.174. The van der Waals surface area contributed by atoms with Gasteiger partial charge in [-0.2, -0.15) is 0 Å². The Kier molecular flexibility index (Phi) is 4.95. The first kappa shape index (κ1) is 12.4. The Morgan fingerprint density at radius 1 is 1.54 bits per heavy atom. The van der Waals surface area contributed by atoms with Crippen LogP contribution in [0.2, 0.25) is 0 Å². The molecule has 0 aliphatic heterocycles. The van der Waals surface area contributed by atoms with Crippen LogP contribution in [-0.4, -0.2) is 30.2 Å². The van der Waals surface area contributed by atoms with Gasteiger partial charge in [0, 0.05) is 6.54 Å². The van der Waals surface area contributed by atoms with E-state index in [1.54, 1.807) is 0 Å². The Balaban J connectivity index is 3.63. The Labute approximate surface area is 79.5 Å². The van der Waals surface area contributed by atoms with Crippen LogP contribution in [0, 0.1) is 5.41 Å². The van der Waals surface area contributed by atoms with Gasteiger partial charge >= 0.3 is 0 Å². The standard InChI is InChI=1S/C9H20N2O2/c1-9(2,3)4-7(12)6-11-8(13)5-10/h7,12H,4-6,10H2,1-3H3,(H,11,13). The van der Waals surface area contributed by atoms with Crippen LogP contribution in [0.5, 0.6) is 0 Å². The fraction of sp³-hybridized carbons (Fsp3) is 0.889. The molecule has 78 valence electrons. The third kappa shape index (κ3) is 7.74. The average molecular weight is 188 g/mol. The van der Waals surface area contributed by atoms with E-state index in [1.807, 2.05) is 20.8 Å². The van der Waals surface area contributed by atoms with Gasteiger partial charge in [-0.15, -0.1) is 0 Å². The molecular weight excluding hydrogens is 168 g/mol. The first-order valence-corrected chi connectivity index (χ1v) is 4.50. The Morgan fingerprint density at radius 3 is 2.46 bits per heavy atom. The van der Waals surface area contributed by atoms with Crippen LogP contribution in [0.25, 0.3) is 0 Å². The highest BCUT2D eigenvalue weighted by Crippen LogP contribution is 2.20. The summed E-state index contributed by atoms with van der Waals surface area (Å²) >= 11 is 0. The molecule has 0 aromatic carbocycles. The Bertz CT molecular complexity index is 163. The van der Waals surface area contributed by atoms with Crippen LogP contribution in [0.1, 0.15) is 27.2 Å². The predicted molar refractivity (Wildman–Crippen MR) is 52.1 cm³/mol. The smallest absolute Gasteiger partial charge is 0.233 e. The van der Waals surface area contributed by atoms with E-state index in [1.165, 1.54) is 0 Å². The molecule has 4 heteroatoms. The largest absolute Gasteiger partial charge is 0.391 e. The van der Waals surface area contributed by atoms with Gasteiger partial charge in [0.25, 0.3) is 0 Å². The van der Waals surface area contributed by atoms with Crippen molar-refractivity contribution in [3.8, 4) is 0 Å². The number of amides is 1. The van der Waals surface area contributed by atoms with Crippen molar-refractivity contribution in [2.45, 2.75) is 33.3 Å². The molecule has 0 fully saturated rings. The minimum atomic E-state index is -0.490. The predicted octanol–water partition coefficient (Wildman–Crippen LogP) is -0.142. The highest BCUT2D eigenvalue weighted by atomic mass is 16.3. The molecule has 1 atom stereocenters. The lowest BCUT2D eigenvalue weighted by atomic mass is 9.89. The van der Waals surface area contributed by atoms with E-state index in [0.29, 0.717) is 6.42 Å². The first-order valence-electron chi connectivity index (χ1n) is 4.50. The summed E-state index contributed by atoms with van der Waals surface area (Å²) in [5, 5.41) is 12.0. The number of carbonyl (C=O) groups is 1. The number of hydrogen-bond acceptors (Lipinski definition) is 3. The topological polar surface area (TPSA) is 75.3 Å². The molecule has 0 aliphatic rings. The zero-order chi connectivity index (χ0) is 10.5. The summed E-state index contributed by atoms with van der Waals surface area (Å²) in [7, 11) is 0. The van der Waals surface area contributed by atoms with Crippen LogP contribution in [0.4, 0.5) is 0 Å². The van der Waals surface area contributed by atoms with E-state index in [9.17, 15) is 9.90 Å². The minimum Gasteiger partial charge on any atom is -0.391 e. The average Bonchev–Trinajstić information content (AvgIpc) is 1.97. The zero-order valence-electron chi connectivity index (χ0n) is 8.63. The highest BCUT2D eigenvalue weighted by Gasteiger charge is 2.16. The van der Waals surface area contributed by atoms with E-state index < -0.39 is 6.10 Å². The highest BCUT2D eigenvalue weighted by molar-refractivity contribution is 5.77. The van der Waals surface area contributed by atoms with Crippen molar-refractivity contribution in [3.63, 3.8) is 0 Å². The van der Waals surface area contributed by atoms with Crippen LogP contribution in [0.3, 0.4) is 0 Å². The molecule has 4 nitrogen and oxygen atoms in total. The van der Waals surface area contributed by atoms with Crippen molar-refractivity contribution in [2.75, 3.05) is 13.1 Å². The van der Waals surface area contributed by atoms with Crippen molar-refractivity contribution in [2.24, 2.45) is 11.1 Å². The second kappa shape index (κ2) is 5.19. The molecule has 0 saturated carbocycles. The van der Waals surface area contributed by atoms with Gasteiger partial charge < -0.3 is 16.2 Å². The number of nitrogens with one attached hydrogen (secondary N) is 1. The fourth-order valence-corrected chi connectivity index (χ4v) is 1.08. The number of nitrogens with two attached hydrogens (primary N) is 1. The van der Waals surface area contributed by atoms with Crippen LogP contribution >= 0.6 is 0 Å². The van der Waals surface area contributed by atoms with Crippen LogP contribution in [0.15, 0.2) is 0 Å². The summed E-state index contributed by atoms with van der Waals surface area (Å²) in [5.74, 6) is -0.229. The Hall–Kier alpha value is -0.610. The van der Waals surface area contributed by atoms with Gasteiger partial charge in [0.05, 0.1) is 12.6 Å². The van der Waals surface area contributed by atoms with Gasteiger partial charge in [0.15, 0.2) is 0 Å².